The highest BCUT2D eigenvalue weighted by atomic mass is 16.5. The third kappa shape index (κ3) is 3.33. The van der Waals surface area contributed by atoms with Gasteiger partial charge in [0.15, 0.2) is 6.10 Å². The van der Waals surface area contributed by atoms with E-state index < -0.39 is 0 Å². The lowest BCUT2D eigenvalue weighted by molar-refractivity contribution is 0.260. The van der Waals surface area contributed by atoms with E-state index in [1.807, 2.05) is 0 Å². The zero-order valence-electron chi connectivity index (χ0n) is 17.3. The Bertz CT molecular complexity index is 1200. The zero-order chi connectivity index (χ0) is 20.5. The van der Waals surface area contributed by atoms with Gasteiger partial charge in [0.1, 0.15) is 5.75 Å². The molecule has 1 atom stereocenters. The second-order valence-corrected chi connectivity index (χ2v) is 7.93. The molecule has 1 heteroatoms. The molecule has 1 unspecified atom stereocenters. The van der Waals surface area contributed by atoms with Gasteiger partial charge in [0.25, 0.3) is 0 Å². The molecule has 4 aromatic rings. The highest BCUT2D eigenvalue weighted by Crippen LogP contribution is 2.49. The molecular weight excluding hydrogens is 364 g/mol. The lowest BCUT2D eigenvalue weighted by Gasteiger charge is -2.32. The third-order valence-corrected chi connectivity index (χ3v) is 5.71. The summed E-state index contributed by atoms with van der Waals surface area (Å²) in [5.74, 6) is 0.935. The Morgan fingerprint density at radius 2 is 1.23 bits per heavy atom. The van der Waals surface area contributed by atoms with Crippen LogP contribution in [0.5, 0.6) is 5.75 Å². The molecule has 1 aliphatic rings. The normalized spacial score (nSPS) is 15.5. The molecule has 0 radical (unpaired) electrons. The van der Waals surface area contributed by atoms with E-state index in [4.69, 9.17) is 4.74 Å². The number of benzene rings is 4. The Labute approximate surface area is 178 Å². The van der Waals surface area contributed by atoms with Crippen LogP contribution in [-0.2, 0) is 0 Å². The van der Waals surface area contributed by atoms with Gasteiger partial charge in [-0.15, -0.1) is 0 Å². The molecule has 0 saturated carbocycles. The van der Waals surface area contributed by atoms with E-state index in [0.29, 0.717) is 0 Å². The van der Waals surface area contributed by atoms with Gasteiger partial charge in [-0.1, -0.05) is 102 Å². The van der Waals surface area contributed by atoms with Crippen LogP contribution in [0.4, 0.5) is 0 Å². The molecule has 5 rings (SSSR count). The predicted octanol–water partition coefficient (Wildman–Crippen LogP) is 7.40. The first-order valence-electron chi connectivity index (χ1n) is 10.4. The Balaban J connectivity index is 1.86. The highest BCUT2D eigenvalue weighted by molar-refractivity contribution is 6.03. The lowest BCUT2D eigenvalue weighted by Crippen LogP contribution is -2.17. The van der Waals surface area contributed by atoms with Gasteiger partial charge in [0, 0.05) is 16.7 Å². The van der Waals surface area contributed by atoms with Crippen LogP contribution in [0.25, 0.3) is 11.1 Å². The monoisotopic (exact) mass is 388 g/mol. The Morgan fingerprint density at radius 3 is 1.93 bits per heavy atom. The molecule has 0 aliphatic carbocycles. The van der Waals surface area contributed by atoms with Crippen LogP contribution >= 0.6 is 0 Å². The van der Waals surface area contributed by atoms with E-state index >= 15 is 0 Å². The van der Waals surface area contributed by atoms with Crippen molar-refractivity contribution in [2.45, 2.75) is 20.0 Å². The molecule has 0 amide bonds. The molecule has 0 bridgehead atoms. The summed E-state index contributed by atoms with van der Waals surface area (Å²) in [5.41, 5.74) is 9.68. The fraction of sp³-hybridized carbons (Fsp3) is 0.103. The Morgan fingerprint density at radius 1 is 0.600 bits per heavy atom. The third-order valence-electron chi connectivity index (χ3n) is 5.71. The molecule has 0 aromatic heterocycles. The molecule has 0 fully saturated rings. The van der Waals surface area contributed by atoms with Crippen molar-refractivity contribution in [2.75, 3.05) is 0 Å². The second kappa shape index (κ2) is 7.68. The minimum Gasteiger partial charge on any atom is -0.480 e. The van der Waals surface area contributed by atoms with Gasteiger partial charge in [-0.05, 0) is 42.7 Å². The van der Waals surface area contributed by atoms with Gasteiger partial charge in [-0.25, -0.2) is 0 Å². The first kappa shape index (κ1) is 18.4. The molecular formula is C29H24O. The van der Waals surface area contributed by atoms with Crippen LogP contribution in [-0.4, -0.2) is 0 Å². The van der Waals surface area contributed by atoms with Crippen molar-refractivity contribution in [1.29, 1.82) is 0 Å². The summed E-state index contributed by atoms with van der Waals surface area (Å²) < 4.78 is 6.66. The first-order valence-corrected chi connectivity index (χ1v) is 10.4. The quantitative estimate of drug-likeness (QED) is 0.355. The van der Waals surface area contributed by atoms with Gasteiger partial charge in [-0.3, -0.25) is 0 Å². The van der Waals surface area contributed by atoms with Crippen LogP contribution in [0.15, 0.2) is 103 Å². The molecule has 1 aliphatic heterocycles. The maximum absolute atomic E-state index is 6.66. The van der Waals surface area contributed by atoms with Crippen molar-refractivity contribution in [3.05, 3.63) is 137 Å². The zero-order valence-corrected chi connectivity index (χ0v) is 17.3. The molecule has 30 heavy (non-hydrogen) atoms. The molecule has 1 nitrogen and oxygen atoms in total. The number of fused-ring (bicyclic) bond motifs is 1. The van der Waals surface area contributed by atoms with Gasteiger partial charge in [-0.2, -0.15) is 0 Å². The fourth-order valence-corrected chi connectivity index (χ4v) is 4.21. The van der Waals surface area contributed by atoms with E-state index in [-0.39, 0.29) is 6.10 Å². The predicted molar refractivity (Wildman–Crippen MR) is 125 cm³/mol. The van der Waals surface area contributed by atoms with Gasteiger partial charge < -0.3 is 4.74 Å². The van der Waals surface area contributed by atoms with Crippen LogP contribution < -0.4 is 4.74 Å². The summed E-state index contributed by atoms with van der Waals surface area (Å²) in [7, 11) is 0. The number of hydrogen-bond acceptors (Lipinski definition) is 1. The first-order chi connectivity index (χ1) is 14.7. The minimum atomic E-state index is -0.167. The molecule has 0 N–H and O–H groups in total. The maximum Gasteiger partial charge on any atom is 0.150 e. The van der Waals surface area contributed by atoms with Crippen molar-refractivity contribution in [3.63, 3.8) is 0 Å². The standard InChI is InChI=1S/C29H24O/c1-20-13-16-23(17-14-20)27-25-19-21(2)15-18-26(25)30-29(24-11-7-4-8-12-24)28(27)22-9-5-3-6-10-22/h3-19,29H,1-2H3. The summed E-state index contributed by atoms with van der Waals surface area (Å²) in [5, 5.41) is 0. The number of aryl methyl sites for hydroxylation is 2. The van der Waals surface area contributed by atoms with Crippen LogP contribution in [0.3, 0.4) is 0 Å². The number of hydrogen-bond donors (Lipinski definition) is 0. The Hall–Kier alpha value is -3.58. The highest BCUT2D eigenvalue weighted by Gasteiger charge is 2.31. The summed E-state index contributed by atoms with van der Waals surface area (Å²) >= 11 is 0. The molecule has 4 aromatic carbocycles. The van der Waals surface area contributed by atoms with Crippen molar-refractivity contribution < 1.29 is 4.74 Å². The van der Waals surface area contributed by atoms with E-state index in [0.717, 1.165) is 16.9 Å². The molecule has 0 spiro atoms. The Kier molecular flexibility index (Phi) is 4.72. The average molecular weight is 389 g/mol. The van der Waals surface area contributed by atoms with Crippen LogP contribution in [0.1, 0.15) is 39.5 Å². The van der Waals surface area contributed by atoms with Crippen LogP contribution in [0, 0.1) is 13.8 Å². The van der Waals surface area contributed by atoms with Crippen molar-refractivity contribution >= 4 is 11.1 Å². The fourth-order valence-electron chi connectivity index (χ4n) is 4.21. The summed E-state index contributed by atoms with van der Waals surface area (Å²) in [6, 6.07) is 36.5. The smallest absolute Gasteiger partial charge is 0.150 e. The van der Waals surface area contributed by atoms with Gasteiger partial charge in [0.05, 0.1) is 0 Å². The molecule has 1 heterocycles. The van der Waals surface area contributed by atoms with E-state index in [9.17, 15) is 0 Å². The minimum absolute atomic E-state index is 0.167. The SMILES string of the molecule is Cc1ccc(C2=C(c3ccccc3)C(c3ccccc3)Oc3ccc(C)cc32)cc1. The van der Waals surface area contributed by atoms with Crippen LogP contribution in [0.2, 0.25) is 0 Å². The van der Waals surface area contributed by atoms with E-state index in [2.05, 4.69) is 117 Å². The maximum atomic E-state index is 6.66. The lowest BCUT2D eigenvalue weighted by atomic mass is 9.82. The van der Waals surface area contributed by atoms with Crippen molar-refractivity contribution in [2.24, 2.45) is 0 Å². The van der Waals surface area contributed by atoms with E-state index in [1.165, 1.54) is 33.4 Å². The summed E-state index contributed by atoms with van der Waals surface area (Å²) in [6.45, 7) is 4.27. The largest absolute Gasteiger partial charge is 0.480 e. The number of rotatable bonds is 3. The number of ether oxygens (including phenoxy) is 1. The summed E-state index contributed by atoms with van der Waals surface area (Å²) in [4.78, 5) is 0. The topological polar surface area (TPSA) is 9.23 Å². The van der Waals surface area contributed by atoms with Crippen molar-refractivity contribution in [3.8, 4) is 5.75 Å². The average Bonchev–Trinajstić information content (AvgIpc) is 2.80. The van der Waals surface area contributed by atoms with Crippen molar-refractivity contribution in [1.82, 2.24) is 0 Å². The van der Waals surface area contributed by atoms with Gasteiger partial charge in [0.2, 0.25) is 0 Å². The van der Waals surface area contributed by atoms with E-state index in [1.54, 1.807) is 0 Å². The summed E-state index contributed by atoms with van der Waals surface area (Å²) in [6.07, 6.45) is -0.167. The van der Waals surface area contributed by atoms with Gasteiger partial charge >= 0.3 is 0 Å². The molecule has 0 saturated heterocycles. The molecule has 146 valence electrons. The second-order valence-electron chi connectivity index (χ2n) is 7.93.